The van der Waals surface area contributed by atoms with Crippen molar-refractivity contribution in [3.05, 3.63) is 52.3 Å². The van der Waals surface area contributed by atoms with Crippen LogP contribution in [0.15, 0.2) is 51.7 Å². The maximum absolute atomic E-state index is 12.3. The first-order valence-electron chi connectivity index (χ1n) is 6.38. The number of ketones is 2. The second kappa shape index (κ2) is 5.69. The molecule has 1 heterocycles. The van der Waals surface area contributed by atoms with E-state index in [1.807, 2.05) is 0 Å². The minimum Gasteiger partial charge on any atom is -0.483 e. The predicted octanol–water partition coefficient (Wildman–Crippen LogP) is 1.77. The third-order valence-corrected chi connectivity index (χ3v) is 4.13. The molecule has 0 aromatic heterocycles. The van der Waals surface area contributed by atoms with Crippen LogP contribution in [0, 0.1) is 0 Å². The van der Waals surface area contributed by atoms with Gasteiger partial charge in [-0.25, -0.2) is 4.79 Å². The maximum Gasteiger partial charge on any atom is 0.336 e. The molecule has 7 heteroatoms. The topological polar surface area (TPSA) is 89.9 Å². The Morgan fingerprint density at radius 3 is 2.50 bits per heavy atom. The van der Waals surface area contributed by atoms with Crippen molar-refractivity contribution < 1.29 is 29.0 Å². The van der Waals surface area contributed by atoms with Gasteiger partial charge in [0.1, 0.15) is 13.2 Å². The second-order valence-corrected chi connectivity index (χ2v) is 5.54. The number of benzene rings is 1. The summed E-state index contributed by atoms with van der Waals surface area (Å²) in [5.41, 5.74) is 0.0641. The molecule has 0 radical (unpaired) electrons. The van der Waals surface area contributed by atoms with Gasteiger partial charge in [-0.2, -0.15) is 0 Å². The molecule has 0 bridgehead atoms. The van der Waals surface area contributed by atoms with Gasteiger partial charge in [0.2, 0.25) is 23.1 Å². The normalized spacial score (nSPS) is 17.4. The van der Waals surface area contributed by atoms with Crippen molar-refractivity contribution in [2.45, 2.75) is 4.90 Å². The van der Waals surface area contributed by atoms with Crippen molar-refractivity contribution in [3.8, 4) is 0 Å². The van der Waals surface area contributed by atoms with Crippen molar-refractivity contribution in [3.63, 3.8) is 0 Å². The van der Waals surface area contributed by atoms with E-state index in [4.69, 9.17) is 14.6 Å². The minimum atomic E-state index is -1.10. The van der Waals surface area contributed by atoms with Crippen LogP contribution in [0.5, 0.6) is 0 Å². The van der Waals surface area contributed by atoms with E-state index in [0.717, 1.165) is 17.8 Å². The number of carboxylic acids is 1. The fraction of sp³-hybridized carbons (Fsp3) is 0.133. The molecule has 3 rings (SSSR count). The van der Waals surface area contributed by atoms with Gasteiger partial charge >= 0.3 is 5.97 Å². The summed E-state index contributed by atoms with van der Waals surface area (Å²) in [6, 6.07) is 6.27. The number of Topliss-reactive ketones (excluding diaryl/α,β-unsaturated/α-hetero) is 1. The molecule has 0 saturated heterocycles. The molecule has 2 aliphatic rings. The Hall–Kier alpha value is -2.54. The molecular formula is C15H10O6S. The van der Waals surface area contributed by atoms with Crippen LogP contribution in [0.3, 0.4) is 0 Å². The van der Waals surface area contributed by atoms with Crippen LogP contribution in [0.25, 0.3) is 0 Å². The average Bonchev–Trinajstić information content (AvgIpc) is 2.53. The molecule has 1 aliphatic heterocycles. The summed E-state index contributed by atoms with van der Waals surface area (Å²) >= 11 is 0.927. The lowest BCUT2D eigenvalue weighted by Crippen LogP contribution is -2.27. The van der Waals surface area contributed by atoms with Gasteiger partial charge < -0.3 is 14.6 Å². The van der Waals surface area contributed by atoms with Crippen LogP contribution >= 0.6 is 11.8 Å². The molecule has 0 spiro atoms. The fourth-order valence-electron chi connectivity index (χ4n) is 2.06. The highest BCUT2D eigenvalue weighted by molar-refractivity contribution is 8.04. The van der Waals surface area contributed by atoms with E-state index in [9.17, 15) is 14.4 Å². The van der Waals surface area contributed by atoms with E-state index in [1.54, 1.807) is 18.2 Å². The van der Waals surface area contributed by atoms with Gasteiger partial charge in [-0.1, -0.05) is 23.9 Å². The lowest BCUT2D eigenvalue weighted by atomic mass is 10.1. The van der Waals surface area contributed by atoms with Gasteiger partial charge in [-0.3, -0.25) is 9.59 Å². The summed E-state index contributed by atoms with van der Waals surface area (Å²) in [6.07, 6.45) is 1.15. The number of rotatable bonds is 3. The Bertz CT molecular complexity index is 746. The fourth-order valence-corrected chi connectivity index (χ4v) is 3.06. The second-order valence-electron chi connectivity index (χ2n) is 4.46. The Morgan fingerprint density at radius 1 is 1.09 bits per heavy atom. The number of hydrogen-bond acceptors (Lipinski definition) is 6. The summed E-state index contributed by atoms with van der Waals surface area (Å²) in [7, 11) is 0. The average molecular weight is 318 g/mol. The zero-order valence-corrected chi connectivity index (χ0v) is 12.0. The number of carbonyl (C=O) groups excluding carboxylic acids is 2. The van der Waals surface area contributed by atoms with Crippen molar-refractivity contribution in [2.75, 3.05) is 13.2 Å². The van der Waals surface area contributed by atoms with Gasteiger partial charge in [-0.15, -0.1) is 0 Å². The highest BCUT2D eigenvalue weighted by atomic mass is 32.2. The number of aromatic carboxylic acids is 1. The lowest BCUT2D eigenvalue weighted by molar-refractivity contribution is -0.123. The van der Waals surface area contributed by atoms with E-state index in [-0.39, 0.29) is 35.2 Å². The molecule has 6 nitrogen and oxygen atoms in total. The standard InChI is InChI=1S/C15H10O6S/c16-9-7-11(12(17)14-13(9)20-5-6-21-14)22-10-4-2-1-3-8(10)15(18)19/h1-4,7H,5-6H2,(H,18,19). The monoisotopic (exact) mass is 318 g/mol. The molecule has 0 fully saturated rings. The van der Waals surface area contributed by atoms with Crippen LogP contribution in [-0.2, 0) is 19.1 Å². The molecule has 1 aromatic carbocycles. The lowest BCUT2D eigenvalue weighted by Gasteiger charge is -2.23. The maximum atomic E-state index is 12.3. The van der Waals surface area contributed by atoms with E-state index < -0.39 is 17.5 Å². The van der Waals surface area contributed by atoms with E-state index >= 15 is 0 Å². The van der Waals surface area contributed by atoms with Gasteiger partial charge in [-0.05, 0) is 12.1 Å². The number of thioether (sulfide) groups is 1. The molecule has 1 N–H and O–H groups in total. The first kappa shape index (κ1) is 14.4. The van der Waals surface area contributed by atoms with Crippen LogP contribution < -0.4 is 0 Å². The Labute approximate surface area is 129 Å². The zero-order valence-electron chi connectivity index (χ0n) is 11.2. The molecule has 22 heavy (non-hydrogen) atoms. The third kappa shape index (κ3) is 2.50. The number of ether oxygens (including phenoxy) is 2. The SMILES string of the molecule is O=C1C=C(Sc2ccccc2C(=O)O)C(=O)C2=C1OCCO2. The molecular weight excluding hydrogens is 308 g/mol. The minimum absolute atomic E-state index is 0.0641. The van der Waals surface area contributed by atoms with Crippen molar-refractivity contribution in [2.24, 2.45) is 0 Å². The summed E-state index contributed by atoms with van der Waals surface area (Å²) < 4.78 is 10.4. The number of carboxylic acid groups (broad SMARTS) is 1. The largest absolute Gasteiger partial charge is 0.483 e. The summed E-state index contributed by atoms with van der Waals surface area (Å²) in [5.74, 6) is -2.21. The van der Waals surface area contributed by atoms with Crippen LogP contribution in [-0.4, -0.2) is 35.9 Å². The Balaban J connectivity index is 1.93. The van der Waals surface area contributed by atoms with Crippen molar-refractivity contribution in [1.29, 1.82) is 0 Å². The van der Waals surface area contributed by atoms with Crippen molar-refractivity contribution in [1.82, 2.24) is 0 Å². The van der Waals surface area contributed by atoms with Gasteiger partial charge in [0.25, 0.3) is 0 Å². The van der Waals surface area contributed by atoms with Crippen LogP contribution in [0.1, 0.15) is 10.4 Å². The molecule has 0 amide bonds. The molecule has 112 valence electrons. The molecule has 1 aromatic rings. The van der Waals surface area contributed by atoms with E-state index in [0.29, 0.717) is 4.90 Å². The molecule has 0 atom stereocenters. The predicted molar refractivity (Wildman–Crippen MR) is 76.3 cm³/mol. The highest BCUT2D eigenvalue weighted by Gasteiger charge is 2.34. The zero-order chi connectivity index (χ0) is 15.7. The summed E-state index contributed by atoms with van der Waals surface area (Å²) in [5, 5.41) is 9.16. The van der Waals surface area contributed by atoms with Crippen molar-refractivity contribution >= 4 is 29.3 Å². The molecule has 0 saturated carbocycles. The van der Waals surface area contributed by atoms with Gasteiger partial charge in [0.05, 0.1) is 10.5 Å². The quantitative estimate of drug-likeness (QED) is 0.849. The van der Waals surface area contributed by atoms with Crippen LogP contribution in [0.2, 0.25) is 0 Å². The first-order chi connectivity index (χ1) is 10.6. The molecule has 1 aliphatic carbocycles. The smallest absolute Gasteiger partial charge is 0.336 e. The van der Waals surface area contributed by atoms with E-state index in [1.165, 1.54) is 6.07 Å². The van der Waals surface area contributed by atoms with Gasteiger partial charge in [0.15, 0.2) is 0 Å². The number of carbonyl (C=O) groups is 3. The van der Waals surface area contributed by atoms with E-state index in [2.05, 4.69) is 0 Å². The Morgan fingerprint density at radius 2 is 1.77 bits per heavy atom. The molecule has 0 unspecified atom stereocenters. The number of allylic oxidation sites excluding steroid dienone is 2. The third-order valence-electron chi connectivity index (χ3n) is 3.04. The summed E-state index contributed by atoms with van der Waals surface area (Å²) in [6.45, 7) is 0.414. The van der Waals surface area contributed by atoms with Gasteiger partial charge in [0, 0.05) is 11.0 Å². The summed E-state index contributed by atoms with van der Waals surface area (Å²) in [4.78, 5) is 36.0. The highest BCUT2D eigenvalue weighted by Crippen LogP contribution is 2.35. The first-order valence-corrected chi connectivity index (χ1v) is 7.20. The number of hydrogen-bond donors (Lipinski definition) is 1. The Kier molecular flexibility index (Phi) is 3.72. The van der Waals surface area contributed by atoms with Crippen LogP contribution in [0.4, 0.5) is 0 Å².